The molecule has 1 aliphatic carbocycles. The van der Waals surface area contributed by atoms with Crippen molar-refractivity contribution in [3.8, 4) is 0 Å². The highest BCUT2D eigenvalue weighted by Crippen LogP contribution is 2.30. The molecule has 10 heteroatoms. The van der Waals surface area contributed by atoms with E-state index >= 15 is 0 Å². The minimum Gasteiger partial charge on any atom is -0.336 e. The molecule has 208 valence electrons. The Morgan fingerprint density at radius 1 is 1.05 bits per heavy atom. The standard InChI is InChI=1S/C31H29FN6O3/c1-19-24(7-5-15-33-19)29(39)36(2)23-13-11-20(12-14-23)16-26-34-27-28(35-26)37(17-21-9-10-21)31(41)38(30(27)40)18-22-6-3-4-8-25(22)32/h3-8,11-15,21H,9-10,16-18H2,1-2H3,(H,34,35). The lowest BCUT2D eigenvalue weighted by molar-refractivity contribution is 0.0992. The maximum absolute atomic E-state index is 14.4. The average Bonchev–Trinajstić information content (AvgIpc) is 3.71. The van der Waals surface area contributed by atoms with Gasteiger partial charge in [0.1, 0.15) is 17.2 Å². The van der Waals surface area contributed by atoms with E-state index in [0.717, 1.165) is 28.7 Å². The number of hydrogen-bond acceptors (Lipinski definition) is 5. The third kappa shape index (κ3) is 5.20. The summed E-state index contributed by atoms with van der Waals surface area (Å²) >= 11 is 0. The van der Waals surface area contributed by atoms with Crippen LogP contribution in [-0.4, -0.2) is 37.0 Å². The van der Waals surface area contributed by atoms with Gasteiger partial charge in [-0.1, -0.05) is 30.3 Å². The van der Waals surface area contributed by atoms with Gasteiger partial charge < -0.3 is 9.88 Å². The van der Waals surface area contributed by atoms with Crippen molar-refractivity contribution in [1.29, 1.82) is 0 Å². The SMILES string of the molecule is Cc1ncccc1C(=O)N(C)c1ccc(Cc2nc3c([nH]2)c(=O)n(Cc2ccccc2F)c(=O)n3CC2CC2)cc1. The van der Waals surface area contributed by atoms with E-state index in [1.165, 1.54) is 6.07 Å². The number of imidazole rings is 1. The second kappa shape index (κ2) is 10.6. The lowest BCUT2D eigenvalue weighted by Gasteiger charge is -2.18. The van der Waals surface area contributed by atoms with E-state index < -0.39 is 17.1 Å². The number of carbonyl (C=O) groups excluding carboxylic acids is 1. The van der Waals surface area contributed by atoms with Crippen LogP contribution in [0.25, 0.3) is 11.2 Å². The maximum atomic E-state index is 14.4. The van der Waals surface area contributed by atoms with Gasteiger partial charge in [0.2, 0.25) is 0 Å². The predicted octanol–water partition coefficient (Wildman–Crippen LogP) is 4.05. The number of aromatic amines is 1. The van der Waals surface area contributed by atoms with Gasteiger partial charge in [0.15, 0.2) is 5.65 Å². The molecule has 0 radical (unpaired) electrons. The molecule has 3 heterocycles. The van der Waals surface area contributed by atoms with Crippen LogP contribution in [0.3, 0.4) is 0 Å². The molecule has 1 aliphatic rings. The normalized spacial score (nSPS) is 13.0. The summed E-state index contributed by atoms with van der Waals surface area (Å²) < 4.78 is 17.0. The summed E-state index contributed by atoms with van der Waals surface area (Å²) in [7, 11) is 1.72. The fourth-order valence-corrected chi connectivity index (χ4v) is 5.00. The molecule has 0 unspecified atom stereocenters. The van der Waals surface area contributed by atoms with Gasteiger partial charge in [-0.15, -0.1) is 0 Å². The van der Waals surface area contributed by atoms with Crippen LogP contribution < -0.4 is 16.1 Å². The first-order valence-electron chi connectivity index (χ1n) is 13.5. The molecule has 1 saturated carbocycles. The van der Waals surface area contributed by atoms with Gasteiger partial charge in [-0.05, 0) is 61.6 Å². The van der Waals surface area contributed by atoms with Crippen molar-refractivity contribution in [1.82, 2.24) is 24.1 Å². The Morgan fingerprint density at radius 3 is 2.51 bits per heavy atom. The number of anilines is 1. The molecule has 0 bridgehead atoms. The molecule has 1 fully saturated rings. The minimum atomic E-state index is -0.528. The van der Waals surface area contributed by atoms with Crippen LogP contribution in [0.5, 0.6) is 0 Å². The second-order valence-electron chi connectivity index (χ2n) is 10.5. The molecule has 0 saturated heterocycles. The molecule has 3 aromatic heterocycles. The molecule has 6 rings (SSSR count). The lowest BCUT2D eigenvalue weighted by Crippen LogP contribution is -2.40. The summed E-state index contributed by atoms with van der Waals surface area (Å²) in [6.07, 6.45) is 4.07. The zero-order chi connectivity index (χ0) is 28.7. The largest absolute Gasteiger partial charge is 0.336 e. The van der Waals surface area contributed by atoms with Crippen LogP contribution >= 0.6 is 0 Å². The number of amides is 1. The summed E-state index contributed by atoms with van der Waals surface area (Å²) in [4.78, 5) is 53.4. The van der Waals surface area contributed by atoms with Crippen molar-refractivity contribution in [3.05, 3.63) is 122 Å². The van der Waals surface area contributed by atoms with E-state index in [9.17, 15) is 18.8 Å². The number of pyridine rings is 1. The molecule has 5 aromatic rings. The van der Waals surface area contributed by atoms with Crippen molar-refractivity contribution in [2.24, 2.45) is 5.92 Å². The zero-order valence-electron chi connectivity index (χ0n) is 22.8. The molecule has 1 N–H and O–H groups in total. The van der Waals surface area contributed by atoms with Crippen LogP contribution in [0.1, 0.15) is 45.8 Å². The number of H-pyrrole nitrogens is 1. The lowest BCUT2D eigenvalue weighted by atomic mass is 10.1. The fraction of sp³-hybridized carbons (Fsp3) is 0.258. The number of benzene rings is 2. The van der Waals surface area contributed by atoms with E-state index in [1.807, 2.05) is 24.3 Å². The number of aryl methyl sites for hydroxylation is 1. The number of carbonyl (C=O) groups is 1. The maximum Gasteiger partial charge on any atom is 0.333 e. The van der Waals surface area contributed by atoms with E-state index in [-0.39, 0.29) is 23.5 Å². The molecule has 1 amide bonds. The highest BCUT2D eigenvalue weighted by Gasteiger charge is 2.26. The van der Waals surface area contributed by atoms with Gasteiger partial charge in [-0.25, -0.2) is 14.2 Å². The highest BCUT2D eigenvalue weighted by molar-refractivity contribution is 6.06. The van der Waals surface area contributed by atoms with Gasteiger partial charge in [0.05, 0.1) is 12.1 Å². The first kappa shape index (κ1) is 26.4. The van der Waals surface area contributed by atoms with Gasteiger partial charge in [-0.2, -0.15) is 0 Å². The van der Waals surface area contributed by atoms with Crippen molar-refractivity contribution >= 4 is 22.8 Å². The molecule has 41 heavy (non-hydrogen) atoms. The quantitative estimate of drug-likeness (QED) is 0.313. The summed E-state index contributed by atoms with van der Waals surface area (Å²) in [6.45, 7) is 2.10. The van der Waals surface area contributed by atoms with E-state index in [1.54, 1.807) is 60.0 Å². The van der Waals surface area contributed by atoms with Gasteiger partial charge in [0, 0.05) is 43.2 Å². The van der Waals surface area contributed by atoms with Crippen LogP contribution in [0.4, 0.5) is 10.1 Å². The van der Waals surface area contributed by atoms with Crippen LogP contribution in [0.2, 0.25) is 0 Å². The monoisotopic (exact) mass is 552 g/mol. The number of halogens is 1. The van der Waals surface area contributed by atoms with Crippen molar-refractivity contribution in [2.75, 3.05) is 11.9 Å². The highest BCUT2D eigenvalue weighted by atomic mass is 19.1. The number of hydrogen-bond donors (Lipinski definition) is 1. The van der Waals surface area contributed by atoms with Crippen molar-refractivity contribution in [2.45, 2.75) is 39.3 Å². The number of nitrogens with one attached hydrogen (secondary N) is 1. The van der Waals surface area contributed by atoms with E-state index in [0.29, 0.717) is 41.6 Å². The van der Waals surface area contributed by atoms with E-state index in [4.69, 9.17) is 0 Å². The number of rotatable bonds is 8. The van der Waals surface area contributed by atoms with Crippen molar-refractivity contribution in [3.63, 3.8) is 0 Å². The van der Waals surface area contributed by atoms with E-state index in [2.05, 4.69) is 15.0 Å². The smallest absolute Gasteiger partial charge is 0.333 e. The number of nitrogens with zero attached hydrogens (tertiary/aromatic N) is 5. The Balaban J connectivity index is 1.30. The van der Waals surface area contributed by atoms with Gasteiger partial charge >= 0.3 is 5.69 Å². The topological polar surface area (TPSA) is 106 Å². The van der Waals surface area contributed by atoms with Gasteiger partial charge in [-0.3, -0.25) is 23.7 Å². The molecule has 0 spiro atoms. The Hall–Kier alpha value is -4.86. The third-order valence-corrected chi connectivity index (χ3v) is 7.57. The number of aromatic nitrogens is 5. The average molecular weight is 553 g/mol. The Kier molecular flexibility index (Phi) is 6.82. The zero-order valence-corrected chi connectivity index (χ0v) is 22.8. The molecule has 2 aromatic carbocycles. The number of fused-ring (bicyclic) bond motifs is 1. The Bertz CT molecular complexity index is 1890. The summed E-state index contributed by atoms with van der Waals surface area (Å²) in [5, 5.41) is 0. The van der Waals surface area contributed by atoms with Crippen molar-refractivity contribution < 1.29 is 9.18 Å². The minimum absolute atomic E-state index is 0.152. The first-order valence-corrected chi connectivity index (χ1v) is 13.5. The summed E-state index contributed by atoms with van der Waals surface area (Å²) in [5.41, 5.74) is 2.64. The Morgan fingerprint density at radius 2 is 1.80 bits per heavy atom. The molecule has 9 nitrogen and oxygen atoms in total. The first-order chi connectivity index (χ1) is 19.8. The van der Waals surface area contributed by atoms with Crippen LogP contribution in [0.15, 0.2) is 76.4 Å². The molecular formula is C31H29FN6O3. The summed E-state index contributed by atoms with van der Waals surface area (Å²) in [6, 6.07) is 17.1. The van der Waals surface area contributed by atoms with Gasteiger partial charge in [0.25, 0.3) is 11.5 Å². The Labute approximate surface area is 234 Å². The predicted molar refractivity (Wildman–Crippen MR) is 154 cm³/mol. The van der Waals surface area contributed by atoms with Crippen LogP contribution in [0, 0.1) is 18.7 Å². The third-order valence-electron chi connectivity index (χ3n) is 7.57. The van der Waals surface area contributed by atoms with Crippen LogP contribution in [-0.2, 0) is 19.5 Å². The fourth-order valence-electron chi connectivity index (χ4n) is 5.00. The second-order valence-corrected chi connectivity index (χ2v) is 10.5. The molecule has 0 atom stereocenters. The molecular weight excluding hydrogens is 523 g/mol. The summed E-state index contributed by atoms with van der Waals surface area (Å²) in [5.74, 6) is 0.274. The molecule has 0 aliphatic heterocycles.